The van der Waals surface area contributed by atoms with Crippen molar-refractivity contribution in [2.45, 2.75) is 4.90 Å². The second kappa shape index (κ2) is 6.98. The summed E-state index contributed by atoms with van der Waals surface area (Å²) in [5, 5.41) is 3.70. The predicted octanol–water partition coefficient (Wildman–Crippen LogP) is 4.76. The maximum Gasteiger partial charge on any atom is 0.234 e. The van der Waals surface area contributed by atoms with Crippen LogP contribution >= 0.6 is 23.4 Å². The summed E-state index contributed by atoms with van der Waals surface area (Å²) in [4.78, 5) is 17.3. The number of rotatable bonds is 4. The molecule has 1 N–H and O–H groups in total. The first-order valence-corrected chi connectivity index (χ1v) is 8.21. The molecule has 0 aliphatic carbocycles. The van der Waals surface area contributed by atoms with E-state index in [2.05, 4.69) is 10.3 Å². The van der Waals surface area contributed by atoms with Gasteiger partial charge in [0.2, 0.25) is 5.91 Å². The van der Waals surface area contributed by atoms with Gasteiger partial charge in [0.1, 0.15) is 5.82 Å². The number of hydrogen-bond donors (Lipinski definition) is 1. The highest BCUT2D eigenvalue weighted by molar-refractivity contribution is 8.00. The predicted molar refractivity (Wildman–Crippen MR) is 92.5 cm³/mol. The molecule has 2 aromatic carbocycles. The quantitative estimate of drug-likeness (QED) is 0.693. The number of halogens is 2. The van der Waals surface area contributed by atoms with Gasteiger partial charge in [0.25, 0.3) is 0 Å². The number of carbonyl (C=O) groups excluding carboxylic acids is 1. The van der Waals surface area contributed by atoms with E-state index in [0.717, 1.165) is 15.8 Å². The van der Waals surface area contributed by atoms with E-state index >= 15 is 0 Å². The van der Waals surface area contributed by atoms with Crippen molar-refractivity contribution in [1.82, 2.24) is 4.98 Å². The molecule has 0 saturated heterocycles. The summed E-state index contributed by atoms with van der Waals surface area (Å²) in [7, 11) is 0. The lowest BCUT2D eigenvalue weighted by atomic mass is 10.2. The minimum absolute atomic E-state index is 0.0180. The summed E-state index contributed by atoms with van der Waals surface area (Å²) in [6, 6.07) is 13.7. The monoisotopic (exact) mass is 346 g/mol. The highest BCUT2D eigenvalue weighted by Gasteiger charge is 2.08. The van der Waals surface area contributed by atoms with Crippen molar-refractivity contribution in [2.24, 2.45) is 0 Å². The molecule has 0 fully saturated rings. The van der Waals surface area contributed by atoms with Gasteiger partial charge in [-0.2, -0.15) is 0 Å². The number of fused-ring (bicyclic) bond motifs is 1. The second-order valence-corrected chi connectivity index (χ2v) is 6.22. The Kier molecular flexibility index (Phi) is 4.79. The molecule has 0 radical (unpaired) electrons. The van der Waals surface area contributed by atoms with Crippen LogP contribution in [-0.4, -0.2) is 16.6 Å². The molecule has 1 heterocycles. The molecule has 1 aromatic heterocycles. The van der Waals surface area contributed by atoms with Gasteiger partial charge >= 0.3 is 0 Å². The summed E-state index contributed by atoms with van der Waals surface area (Å²) in [5.41, 5.74) is 1.37. The standard InChI is InChI=1S/C17H12ClFN2OS/c18-13-9-11(5-6-14(13)19)21-17(22)10-23-16-7-8-20-15-4-2-1-3-12(15)16/h1-9H,10H2,(H,21,22). The Bertz CT molecular complexity index is 867. The zero-order valence-electron chi connectivity index (χ0n) is 11.9. The summed E-state index contributed by atoms with van der Waals surface area (Å²) in [5.74, 6) is -0.455. The Balaban J connectivity index is 1.67. The number of benzene rings is 2. The van der Waals surface area contributed by atoms with E-state index in [1.807, 2.05) is 30.3 Å². The van der Waals surface area contributed by atoms with E-state index in [1.54, 1.807) is 6.20 Å². The highest BCUT2D eigenvalue weighted by Crippen LogP contribution is 2.26. The minimum atomic E-state index is -0.512. The molecule has 116 valence electrons. The van der Waals surface area contributed by atoms with Crippen LogP contribution in [0.3, 0.4) is 0 Å². The summed E-state index contributed by atoms with van der Waals surface area (Å²) in [6.07, 6.45) is 1.72. The fourth-order valence-corrected chi connectivity index (χ4v) is 3.13. The number of anilines is 1. The lowest BCUT2D eigenvalue weighted by Gasteiger charge is -2.07. The Morgan fingerprint density at radius 3 is 2.87 bits per heavy atom. The molecule has 1 amide bonds. The molecule has 3 aromatic rings. The van der Waals surface area contributed by atoms with Crippen molar-refractivity contribution in [3.05, 3.63) is 65.6 Å². The van der Waals surface area contributed by atoms with Crippen LogP contribution in [-0.2, 0) is 4.79 Å². The van der Waals surface area contributed by atoms with E-state index in [1.165, 1.54) is 30.0 Å². The first kappa shape index (κ1) is 15.8. The minimum Gasteiger partial charge on any atom is -0.325 e. The molecule has 0 atom stereocenters. The number of carbonyl (C=O) groups is 1. The number of nitrogens with one attached hydrogen (secondary N) is 1. The third-order valence-corrected chi connectivity index (χ3v) is 4.53. The third-order valence-electron chi connectivity index (χ3n) is 3.17. The normalized spacial score (nSPS) is 10.7. The molecule has 0 bridgehead atoms. The average molecular weight is 347 g/mol. The number of thioether (sulfide) groups is 1. The number of hydrogen-bond acceptors (Lipinski definition) is 3. The van der Waals surface area contributed by atoms with Crippen LogP contribution < -0.4 is 5.32 Å². The van der Waals surface area contributed by atoms with Crippen molar-refractivity contribution in [1.29, 1.82) is 0 Å². The van der Waals surface area contributed by atoms with Crippen molar-refractivity contribution >= 4 is 45.9 Å². The van der Waals surface area contributed by atoms with Gasteiger partial charge in [-0.3, -0.25) is 9.78 Å². The lowest BCUT2D eigenvalue weighted by molar-refractivity contribution is -0.113. The van der Waals surface area contributed by atoms with Crippen molar-refractivity contribution in [3.8, 4) is 0 Å². The van der Waals surface area contributed by atoms with Gasteiger partial charge in [-0.15, -0.1) is 11.8 Å². The highest BCUT2D eigenvalue weighted by atomic mass is 35.5. The van der Waals surface area contributed by atoms with Crippen LogP contribution in [0.5, 0.6) is 0 Å². The lowest BCUT2D eigenvalue weighted by Crippen LogP contribution is -2.14. The topological polar surface area (TPSA) is 42.0 Å². The van der Waals surface area contributed by atoms with Gasteiger partial charge in [-0.05, 0) is 30.3 Å². The van der Waals surface area contributed by atoms with Crippen molar-refractivity contribution in [2.75, 3.05) is 11.1 Å². The van der Waals surface area contributed by atoms with E-state index < -0.39 is 5.82 Å². The molecule has 6 heteroatoms. The van der Waals surface area contributed by atoms with Crippen molar-refractivity contribution < 1.29 is 9.18 Å². The number of amides is 1. The number of pyridine rings is 1. The maximum atomic E-state index is 13.1. The average Bonchev–Trinajstić information content (AvgIpc) is 2.56. The zero-order valence-corrected chi connectivity index (χ0v) is 13.5. The molecule has 23 heavy (non-hydrogen) atoms. The number of nitrogens with zero attached hydrogens (tertiary/aromatic N) is 1. The molecule has 0 aliphatic rings. The third kappa shape index (κ3) is 3.81. The molecule has 0 aliphatic heterocycles. The fourth-order valence-electron chi connectivity index (χ4n) is 2.11. The van der Waals surface area contributed by atoms with Crippen molar-refractivity contribution in [3.63, 3.8) is 0 Å². The van der Waals surface area contributed by atoms with Crippen LogP contribution in [0.4, 0.5) is 10.1 Å². The molecule has 0 unspecified atom stereocenters. The second-order valence-electron chi connectivity index (χ2n) is 4.79. The Hall–Kier alpha value is -2.11. The van der Waals surface area contributed by atoms with Gasteiger partial charge in [0.15, 0.2) is 0 Å². The Morgan fingerprint density at radius 1 is 1.22 bits per heavy atom. The Morgan fingerprint density at radius 2 is 2.04 bits per heavy atom. The molecular formula is C17H12ClFN2OS. The van der Waals surface area contributed by atoms with Crippen LogP contribution in [0, 0.1) is 5.82 Å². The summed E-state index contributed by atoms with van der Waals surface area (Å²) < 4.78 is 13.1. The largest absolute Gasteiger partial charge is 0.325 e. The number of aromatic nitrogens is 1. The molecular weight excluding hydrogens is 335 g/mol. The SMILES string of the molecule is O=C(CSc1ccnc2ccccc12)Nc1ccc(F)c(Cl)c1. The first-order valence-electron chi connectivity index (χ1n) is 6.85. The van der Waals surface area contributed by atoms with Crippen LogP contribution in [0.1, 0.15) is 0 Å². The zero-order chi connectivity index (χ0) is 16.2. The van der Waals surface area contributed by atoms with E-state index in [9.17, 15) is 9.18 Å². The van der Waals surface area contributed by atoms with Crippen LogP contribution in [0.15, 0.2) is 59.6 Å². The van der Waals surface area contributed by atoms with Gasteiger partial charge in [-0.25, -0.2) is 4.39 Å². The number of para-hydroxylation sites is 1. The van der Waals surface area contributed by atoms with E-state index in [-0.39, 0.29) is 16.7 Å². The molecule has 0 saturated carbocycles. The van der Waals surface area contributed by atoms with Crippen LogP contribution in [0.25, 0.3) is 10.9 Å². The fraction of sp³-hybridized carbons (Fsp3) is 0.0588. The van der Waals surface area contributed by atoms with Gasteiger partial charge < -0.3 is 5.32 Å². The Labute approximate surface area is 141 Å². The van der Waals surface area contributed by atoms with Gasteiger partial charge in [0.05, 0.1) is 16.3 Å². The smallest absolute Gasteiger partial charge is 0.234 e. The van der Waals surface area contributed by atoms with Gasteiger partial charge in [-0.1, -0.05) is 29.8 Å². The molecule has 3 nitrogen and oxygen atoms in total. The molecule has 3 rings (SSSR count). The van der Waals surface area contributed by atoms with Gasteiger partial charge in [0, 0.05) is 22.2 Å². The van der Waals surface area contributed by atoms with Crippen LogP contribution in [0.2, 0.25) is 5.02 Å². The van der Waals surface area contributed by atoms with E-state index in [0.29, 0.717) is 5.69 Å². The maximum absolute atomic E-state index is 13.1. The summed E-state index contributed by atoms with van der Waals surface area (Å²) >= 11 is 7.12. The summed E-state index contributed by atoms with van der Waals surface area (Å²) in [6.45, 7) is 0. The first-order chi connectivity index (χ1) is 11.1. The van der Waals surface area contributed by atoms with E-state index in [4.69, 9.17) is 11.6 Å². The molecule has 0 spiro atoms.